The number of benzene rings is 1. The first kappa shape index (κ1) is 12.5. The second kappa shape index (κ2) is 5.60. The second-order valence-electron chi connectivity index (χ2n) is 5.92. The first-order valence-corrected chi connectivity index (χ1v) is 7.32. The fraction of sp³-hybridized carbons (Fsp3) is 0.471. The van der Waals surface area contributed by atoms with E-state index in [0.29, 0.717) is 0 Å². The van der Waals surface area contributed by atoms with Crippen LogP contribution in [-0.4, -0.2) is 12.5 Å². The number of hydrogen-bond donors (Lipinski definition) is 1. The molecule has 1 amide bonds. The monoisotopic (exact) mass is 255 g/mol. The lowest BCUT2D eigenvalue weighted by Crippen LogP contribution is -2.30. The van der Waals surface area contributed by atoms with E-state index in [1.807, 2.05) is 36.4 Å². The standard InChI is InChI=1S/C17H21NO/c19-17(9-7-13-4-2-1-3-5-13)18-12-16-11-14-6-8-15(16)10-14/h1-5,7,9,14-16H,6,8,10-12H2,(H,18,19). The molecule has 0 heterocycles. The van der Waals surface area contributed by atoms with Gasteiger partial charge in [0.25, 0.3) is 0 Å². The summed E-state index contributed by atoms with van der Waals surface area (Å²) in [4.78, 5) is 11.8. The van der Waals surface area contributed by atoms with E-state index in [-0.39, 0.29) is 5.91 Å². The quantitative estimate of drug-likeness (QED) is 0.822. The molecule has 2 saturated carbocycles. The van der Waals surface area contributed by atoms with Crippen LogP contribution < -0.4 is 5.32 Å². The third kappa shape index (κ3) is 3.06. The molecule has 2 bridgehead atoms. The van der Waals surface area contributed by atoms with Crippen LogP contribution in [0.25, 0.3) is 6.08 Å². The highest BCUT2D eigenvalue weighted by atomic mass is 16.1. The summed E-state index contributed by atoms with van der Waals surface area (Å²) in [6.45, 7) is 0.860. The first-order valence-electron chi connectivity index (χ1n) is 7.32. The summed E-state index contributed by atoms with van der Waals surface area (Å²) in [5, 5.41) is 3.05. The van der Waals surface area contributed by atoms with Gasteiger partial charge in [0.1, 0.15) is 0 Å². The lowest BCUT2D eigenvalue weighted by molar-refractivity contribution is -0.116. The molecule has 2 nitrogen and oxygen atoms in total. The summed E-state index contributed by atoms with van der Waals surface area (Å²) >= 11 is 0. The Hall–Kier alpha value is -1.57. The molecule has 1 N–H and O–H groups in total. The van der Waals surface area contributed by atoms with Gasteiger partial charge >= 0.3 is 0 Å². The van der Waals surface area contributed by atoms with Crippen molar-refractivity contribution in [1.29, 1.82) is 0 Å². The minimum absolute atomic E-state index is 0.0339. The summed E-state index contributed by atoms with van der Waals surface area (Å²) in [5.74, 6) is 2.59. The van der Waals surface area contributed by atoms with E-state index >= 15 is 0 Å². The van der Waals surface area contributed by atoms with Crippen molar-refractivity contribution < 1.29 is 4.79 Å². The Morgan fingerprint density at radius 1 is 1.21 bits per heavy atom. The maximum Gasteiger partial charge on any atom is 0.244 e. The Balaban J connectivity index is 1.46. The SMILES string of the molecule is O=C(C=Cc1ccccc1)NCC1CC2CCC1C2. The van der Waals surface area contributed by atoms with Crippen LogP contribution in [0.15, 0.2) is 36.4 Å². The normalized spacial score (nSPS) is 28.9. The van der Waals surface area contributed by atoms with Crippen molar-refractivity contribution in [2.24, 2.45) is 17.8 Å². The van der Waals surface area contributed by atoms with Gasteiger partial charge in [-0.3, -0.25) is 4.79 Å². The maximum atomic E-state index is 11.8. The topological polar surface area (TPSA) is 29.1 Å². The number of nitrogens with one attached hydrogen (secondary N) is 1. The van der Waals surface area contributed by atoms with E-state index in [0.717, 1.165) is 29.9 Å². The van der Waals surface area contributed by atoms with Gasteiger partial charge in [0.05, 0.1) is 0 Å². The zero-order valence-corrected chi connectivity index (χ0v) is 11.2. The molecule has 0 spiro atoms. The zero-order chi connectivity index (χ0) is 13.1. The van der Waals surface area contributed by atoms with E-state index in [9.17, 15) is 4.79 Å². The lowest BCUT2D eigenvalue weighted by Gasteiger charge is -2.21. The molecule has 2 aliphatic carbocycles. The van der Waals surface area contributed by atoms with Gasteiger partial charge in [-0.25, -0.2) is 0 Å². The van der Waals surface area contributed by atoms with Crippen molar-refractivity contribution in [3.8, 4) is 0 Å². The van der Waals surface area contributed by atoms with E-state index in [2.05, 4.69) is 5.32 Å². The molecule has 0 aliphatic heterocycles. The van der Waals surface area contributed by atoms with E-state index in [1.54, 1.807) is 6.08 Å². The minimum atomic E-state index is 0.0339. The fourth-order valence-electron chi connectivity index (χ4n) is 3.65. The number of carbonyl (C=O) groups excluding carboxylic acids is 1. The van der Waals surface area contributed by atoms with Gasteiger partial charge in [-0.2, -0.15) is 0 Å². The summed E-state index contributed by atoms with van der Waals surface area (Å²) in [5.41, 5.74) is 1.07. The fourth-order valence-corrected chi connectivity index (χ4v) is 3.65. The number of hydrogen-bond acceptors (Lipinski definition) is 1. The Kier molecular flexibility index (Phi) is 3.67. The predicted octanol–water partition coefficient (Wildman–Crippen LogP) is 3.25. The van der Waals surface area contributed by atoms with Crippen LogP contribution in [0.1, 0.15) is 31.2 Å². The third-order valence-electron chi connectivity index (χ3n) is 4.65. The molecule has 3 rings (SSSR count). The van der Waals surface area contributed by atoms with Crippen LogP contribution in [-0.2, 0) is 4.79 Å². The summed E-state index contributed by atoms with van der Waals surface area (Å²) in [6.07, 6.45) is 9.04. The maximum absolute atomic E-state index is 11.8. The molecular weight excluding hydrogens is 234 g/mol. The van der Waals surface area contributed by atoms with Crippen LogP contribution in [0.4, 0.5) is 0 Å². The smallest absolute Gasteiger partial charge is 0.244 e. The summed E-state index contributed by atoms with van der Waals surface area (Å²) in [7, 11) is 0. The molecule has 0 radical (unpaired) electrons. The number of carbonyl (C=O) groups is 1. The van der Waals surface area contributed by atoms with E-state index in [4.69, 9.17) is 0 Å². The van der Waals surface area contributed by atoms with E-state index < -0.39 is 0 Å². The Morgan fingerprint density at radius 2 is 2.05 bits per heavy atom. The predicted molar refractivity (Wildman–Crippen MR) is 77.4 cm³/mol. The molecule has 1 aromatic rings. The van der Waals surface area contributed by atoms with Crippen molar-refractivity contribution >= 4 is 12.0 Å². The first-order chi connectivity index (χ1) is 9.31. The Labute approximate surface area is 114 Å². The van der Waals surface area contributed by atoms with Crippen LogP contribution >= 0.6 is 0 Å². The van der Waals surface area contributed by atoms with E-state index in [1.165, 1.54) is 25.7 Å². The molecule has 0 saturated heterocycles. The average Bonchev–Trinajstić information content (AvgIpc) is 3.06. The van der Waals surface area contributed by atoms with Gasteiger partial charge in [-0.1, -0.05) is 36.8 Å². The molecule has 3 atom stereocenters. The van der Waals surface area contributed by atoms with Gasteiger partial charge < -0.3 is 5.32 Å². The number of fused-ring (bicyclic) bond motifs is 2. The summed E-state index contributed by atoms with van der Waals surface area (Å²) in [6, 6.07) is 9.94. The van der Waals surface area contributed by atoms with Crippen molar-refractivity contribution in [3.63, 3.8) is 0 Å². The zero-order valence-electron chi connectivity index (χ0n) is 11.2. The number of rotatable bonds is 4. The summed E-state index contributed by atoms with van der Waals surface area (Å²) < 4.78 is 0. The highest BCUT2D eigenvalue weighted by Gasteiger charge is 2.39. The van der Waals surface area contributed by atoms with Crippen LogP contribution in [0.5, 0.6) is 0 Å². The third-order valence-corrected chi connectivity index (χ3v) is 4.65. The highest BCUT2D eigenvalue weighted by molar-refractivity contribution is 5.91. The molecule has 2 fully saturated rings. The minimum Gasteiger partial charge on any atom is -0.352 e. The van der Waals surface area contributed by atoms with Crippen molar-refractivity contribution in [2.75, 3.05) is 6.54 Å². The molecule has 100 valence electrons. The van der Waals surface area contributed by atoms with Crippen molar-refractivity contribution in [1.82, 2.24) is 5.32 Å². The van der Waals surface area contributed by atoms with Crippen molar-refractivity contribution in [2.45, 2.75) is 25.7 Å². The van der Waals surface area contributed by atoms with Crippen LogP contribution in [0.3, 0.4) is 0 Å². The molecule has 2 aliphatic rings. The van der Waals surface area contributed by atoms with Gasteiger partial charge in [0.2, 0.25) is 5.91 Å². The van der Waals surface area contributed by atoms with Gasteiger partial charge in [0.15, 0.2) is 0 Å². The van der Waals surface area contributed by atoms with Gasteiger partial charge in [0, 0.05) is 12.6 Å². The highest BCUT2D eigenvalue weighted by Crippen LogP contribution is 2.47. The lowest BCUT2D eigenvalue weighted by atomic mass is 9.89. The molecule has 3 unspecified atom stereocenters. The van der Waals surface area contributed by atoms with Gasteiger partial charge in [-0.05, 0) is 48.7 Å². The average molecular weight is 255 g/mol. The Morgan fingerprint density at radius 3 is 2.74 bits per heavy atom. The molecule has 1 aromatic carbocycles. The largest absolute Gasteiger partial charge is 0.352 e. The van der Waals surface area contributed by atoms with Crippen LogP contribution in [0, 0.1) is 17.8 Å². The van der Waals surface area contributed by atoms with Crippen LogP contribution in [0.2, 0.25) is 0 Å². The molecule has 0 aromatic heterocycles. The Bertz CT molecular complexity index is 465. The van der Waals surface area contributed by atoms with Gasteiger partial charge in [-0.15, -0.1) is 0 Å². The molecule has 19 heavy (non-hydrogen) atoms. The molecular formula is C17H21NO. The molecule has 2 heteroatoms. The van der Waals surface area contributed by atoms with Crippen molar-refractivity contribution in [3.05, 3.63) is 42.0 Å². The number of amides is 1. The second-order valence-corrected chi connectivity index (χ2v) is 5.92.